The van der Waals surface area contributed by atoms with Crippen LogP contribution in [0.2, 0.25) is 0 Å². The summed E-state index contributed by atoms with van der Waals surface area (Å²) in [6.07, 6.45) is -3.12. The molecule has 9 heteroatoms. The minimum atomic E-state index is -4.56. The molecule has 0 atom stereocenters. The molecular weight excluding hydrogens is 473 g/mol. The van der Waals surface area contributed by atoms with Crippen molar-refractivity contribution >= 4 is 23.4 Å². The highest BCUT2D eigenvalue weighted by Crippen LogP contribution is 2.34. The number of rotatable bonds is 8. The van der Waals surface area contributed by atoms with E-state index in [-0.39, 0.29) is 11.4 Å². The number of hydrogen-bond acceptors (Lipinski definition) is 4. The number of aromatic nitrogens is 3. The third kappa shape index (κ3) is 6.10. The molecule has 1 heterocycles. The highest BCUT2D eigenvalue weighted by atomic mass is 32.2. The monoisotopic (exact) mass is 496 g/mol. The van der Waals surface area contributed by atoms with Crippen LogP contribution in [0, 0.1) is 0 Å². The quantitative estimate of drug-likeness (QED) is 0.297. The number of thioether (sulfide) groups is 1. The number of nitrogens with one attached hydrogen (secondary N) is 1. The van der Waals surface area contributed by atoms with Crippen molar-refractivity contribution in [3.8, 4) is 5.69 Å². The summed E-state index contributed by atoms with van der Waals surface area (Å²) < 4.78 is 41.6. The van der Waals surface area contributed by atoms with Crippen LogP contribution in [0.1, 0.15) is 29.4 Å². The van der Waals surface area contributed by atoms with E-state index in [4.69, 9.17) is 0 Å². The molecular formula is C26H23F3N4OS. The van der Waals surface area contributed by atoms with Crippen molar-refractivity contribution in [2.24, 2.45) is 0 Å². The molecule has 0 fully saturated rings. The molecule has 1 N–H and O–H groups in total. The number of benzene rings is 3. The number of halogens is 3. The van der Waals surface area contributed by atoms with Gasteiger partial charge in [-0.2, -0.15) is 13.2 Å². The lowest BCUT2D eigenvalue weighted by Gasteiger charge is -2.14. The molecule has 4 rings (SSSR count). The Morgan fingerprint density at radius 3 is 2.29 bits per heavy atom. The third-order valence-corrected chi connectivity index (χ3v) is 6.28. The number of aryl methyl sites for hydroxylation is 1. The largest absolute Gasteiger partial charge is 0.418 e. The Labute approximate surface area is 205 Å². The highest BCUT2D eigenvalue weighted by molar-refractivity contribution is 7.99. The van der Waals surface area contributed by atoms with Crippen molar-refractivity contribution in [2.75, 3.05) is 11.1 Å². The van der Waals surface area contributed by atoms with Gasteiger partial charge in [0.15, 0.2) is 5.16 Å². The molecule has 0 unspecified atom stereocenters. The lowest BCUT2D eigenvalue weighted by atomic mass is 10.1. The summed E-state index contributed by atoms with van der Waals surface area (Å²) >= 11 is 1.12. The summed E-state index contributed by atoms with van der Waals surface area (Å²) in [5.41, 5.74) is 1.94. The number of amides is 1. The van der Waals surface area contributed by atoms with Crippen LogP contribution in [-0.2, 0) is 23.8 Å². The second-order valence-electron chi connectivity index (χ2n) is 7.80. The van der Waals surface area contributed by atoms with Crippen LogP contribution in [0.3, 0.4) is 0 Å². The molecule has 1 amide bonds. The molecule has 0 aliphatic heterocycles. The molecule has 35 heavy (non-hydrogen) atoms. The maximum Gasteiger partial charge on any atom is 0.418 e. The fraction of sp³-hybridized carbons (Fsp3) is 0.192. The van der Waals surface area contributed by atoms with E-state index in [0.717, 1.165) is 35.5 Å². The molecule has 4 aromatic rings. The average Bonchev–Trinajstić information content (AvgIpc) is 3.25. The Kier molecular flexibility index (Phi) is 7.55. The summed E-state index contributed by atoms with van der Waals surface area (Å²) in [4.78, 5) is 12.5. The van der Waals surface area contributed by atoms with Gasteiger partial charge < -0.3 is 5.32 Å². The average molecular weight is 497 g/mol. The van der Waals surface area contributed by atoms with Crippen molar-refractivity contribution in [3.63, 3.8) is 0 Å². The van der Waals surface area contributed by atoms with E-state index in [2.05, 4.69) is 22.4 Å². The van der Waals surface area contributed by atoms with Gasteiger partial charge in [-0.15, -0.1) is 10.2 Å². The molecule has 180 valence electrons. The van der Waals surface area contributed by atoms with Gasteiger partial charge in [0.2, 0.25) is 5.91 Å². The fourth-order valence-electron chi connectivity index (χ4n) is 3.58. The summed E-state index contributed by atoms with van der Waals surface area (Å²) in [5.74, 6) is 0.0147. The Balaban J connectivity index is 1.56. The van der Waals surface area contributed by atoms with Crippen molar-refractivity contribution < 1.29 is 18.0 Å². The van der Waals surface area contributed by atoms with Gasteiger partial charge in [-0.05, 0) is 41.8 Å². The first-order valence-corrected chi connectivity index (χ1v) is 12.0. The molecule has 0 saturated carbocycles. The summed E-state index contributed by atoms with van der Waals surface area (Å²) in [7, 11) is 0. The number of anilines is 1. The SMILES string of the molecule is CCc1ccc(-n2c(Cc3ccccc3)nnc2SCC(=O)Nc2ccccc2C(F)(F)F)cc1. The zero-order valence-electron chi connectivity index (χ0n) is 18.9. The zero-order chi connectivity index (χ0) is 24.8. The molecule has 3 aromatic carbocycles. The van der Waals surface area contributed by atoms with E-state index in [1.807, 2.05) is 59.2 Å². The van der Waals surface area contributed by atoms with Crippen molar-refractivity contribution in [3.05, 3.63) is 101 Å². The second kappa shape index (κ2) is 10.8. The predicted molar refractivity (Wildman–Crippen MR) is 131 cm³/mol. The van der Waals surface area contributed by atoms with Gasteiger partial charge >= 0.3 is 6.18 Å². The normalized spacial score (nSPS) is 11.4. The topological polar surface area (TPSA) is 59.8 Å². The van der Waals surface area contributed by atoms with E-state index < -0.39 is 17.6 Å². The van der Waals surface area contributed by atoms with Gasteiger partial charge in [0.1, 0.15) is 5.82 Å². The van der Waals surface area contributed by atoms with Crippen LogP contribution in [0.15, 0.2) is 84.0 Å². The predicted octanol–water partition coefficient (Wildman–Crippen LogP) is 6.17. The second-order valence-corrected chi connectivity index (χ2v) is 8.74. The molecule has 0 saturated heterocycles. The van der Waals surface area contributed by atoms with Crippen molar-refractivity contribution in [1.29, 1.82) is 0 Å². The smallest absolute Gasteiger partial charge is 0.325 e. The number of carbonyl (C=O) groups excluding carboxylic acids is 1. The standard InChI is InChI=1S/C26H23F3N4OS/c1-2-18-12-14-20(15-13-18)33-23(16-19-8-4-3-5-9-19)31-32-25(33)35-17-24(34)30-22-11-7-6-10-21(22)26(27,28)29/h3-15H,2,16-17H2,1H3,(H,30,34). The lowest BCUT2D eigenvalue weighted by molar-refractivity contribution is -0.137. The van der Waals surface area contributed by atoms with Gasteiger partial charge in [-0.1, -0.05) is 73.3 Å². The maximum atomic E-state index is 13.2. The Bertz CT molecular complexity index is 1290. The van der Waals surface area contributed by atoms with E-state index in [1.54, 1.807) is 0 Å². The first-order chi connectivity index (χ1) is 16.8. The Morgan fingerprint density at radius 2 is 1.60 bits per heavy atom. The van der Waals surface area contributed by atoms with Crippen LogP contribution in [-0.4, -0.2) is 26.4 Å². The summed E-state index contributed by atoms with van der Waals surface area (Å²) in [5, 5.41) is 11.5. The minimum absolute atomic E-state index is 0.122. The number of para-hydroxylation sites is 1. The third-order valence-electron chi connectivity index (χ3n) is 5.35. The van der Waals surface area contributed by atoms with Gasteiger partial charge in [0.25, 0.3) is 0 Å². The Morgan fingerprint density at radius 1 is 0.914 bits per heavy atom. The molecule has 5 nitrogen and oxygen atoms in total. The minimum Gasteiger partial charge on any atom is -0.325 e. The maximum absolute atomic E-state index is 13.2. The molecule has 0 aliphatic rings. The number of nitrogens with zero attached hydrogens (tertiary/aromatic N) is 3. The fourth-order valence-corrected chi connectivity index (χ4v) is 4.35. The number of alkyl halides is 3. The highest BCUT2D eigenvalue weighted by Gasteiger charge is 2.33. The molecule has 0 spiro atoms. The molecule has 0 bridgehead atoms. The Hall–Kier alpha value is -3.59. The molecule has 1 aromatic heterocycles. The van der Waals surface area contributed by atoms with E-state index in [1.165, 1.54) is 23.8 Å². The summed E-state index contributed by atoms with van der Waals surface area (Å²) in [6, 6.07) is 22.7. The first-order valence-electron chi connectivity index (χ1n) is 11.0. The van der Waals surface area contributed by atoms with Crippen LogP contribution < -0.4 is 5.32 Å². The van der Waals surface area contributed by atoms with E-state index in [9.17, 15) is 18.0 Å². The molecule has 0 radical (unpaired) electrons. The zero-order valence-corrected chi connectivity index (χ0v) is 19.7. The number of carbonyl (C=O) groups is 1. The van der Waals surface area contributed by atoms with E-state index in [0.29, 0.717) is 17.4 Å². The van der Waals surface area contributed by atoms with Crippen LogP contribution in [0.4, 0.5) is 18.9 Å². The summed E-state index contributed by atoms with van der Waals surface area (Å²) in [6.45, 7) is 2.07. The van der Waals surface area contributed by atoms with Gasteiger partial charge in [0.05, 0.1) is 17.0 Å². The van der Waals surface area contributed by atoms with Crippen LogP contribution in [0.25, 0.3) is 5.69 Å². The van der Waals surface area contributed by atoms with E-state index >= 15 is 0 Å². The van der Waals surface area contributed by atoms with Gasteiger partial charge in [-0.25, -0.2) is 0 Å². The van der Waals surface area contributed by atoms with Gasteiger partial charge in [0, 0.05) is 12.1 Å². The lowest BCUT2D eigenvalue weighted by Crippen LogP contribution is -2.18. The van der Waals surface area contributed by atoms with Crippen LogP contribution in [0.5, 0.6) is 0 Å². The van der Waals surface area contributed by atoms with Crippen molar-refractivity contribution in [1.82, 2.24) is 14.8 Å². The molecule has 0 aliphatic carbocycles. The van der Waals surface area contributed by atoms with Crippen LogP contribution >= 0.6 is 11.8 Å². The number of hydrogen-bond donors (Lipinski definition) is 1. The first kappa shape index (κ1) is 24.5. The van der Waals surface area contributed by atoms with Gasteiger partial charge in [-0.3, -0.25) is 9.36 Å². The van der Waals surface area contributed by atoms with Crippen molar-refractivity contribution in [2.45, 2.75) is 31.1 Å².